The SMILES string of the molecule is CC(C)O.CC(C)O.COC(=O)CC(C)=O.COC(=O)CC(C)=O.[Ti]. The zero-order valence-corrected chi connectivity index (χ0v) is 18.0. The first-order valence-electron chi connectivity index (χ1n) is 7.28. The maximum absolute atomic E-state index is 10.2. The molecular weight excluding hydrogens is 368 g/mol. The molecule has 0 bridgehead atoms. The molecule has 0 radical (unpaired) electrons. The van der Waals surface area contributed by atoms with E-state index < -0.39 is 11.9 Å². The van der Waals surface area contributed by atoms with Crippen LogP contribution in [0.4, 0.5) is 0 Å². The summed E-state index contributed by atoms with van der Waals surface area (Å²) in [6.07, 6.45) is -0.563. The first-order chi connectivity index (χ1) is 10.8. The predicted octanol–water partition coefficient (Wildman–Crippen LogP) is 1.05. The molecule has 0 saturated heterocycles. The van der Waals surface area contributed by atoms with E-state index >= 15 is 0 Å². The van der Waals surface area contributed by atoms with Crippen LogP contribution in [0, 0.1) is 0 Å². The van der Waals surface area contributed by atoms with Crippen LogP contribution < -0.4 is 0 Å². The van der Waals surface area contributed by atoms with Crippen molar-refractivity contribution >= 4 is 23.5 Å². The Bertz CT molecular complexity index is 315. The van der Waals surface area contributed by atoms with Gasteiger partial charge in [-0.15, -0.1) is 0 Å². The summed E-state index contributed by atoms with van der Waals surface area (Å²) in [7, 11) is 2.51. The molecule has 148 valence electrons. The molecular formula is C16H32O8Ti. The fourth-order valence-corrected chi connectivity index (χ4v) is 0.551. The van der Waals surface area contributed by atoms with Crippen LogP contribution in [0.3, 0.4) is 0 Å². The van der Waals surface area contributed by atoms with Crippen molar-refractivity contribution in [2.24, 2.45) is 0 Å². The Morgan fingerprint density at radius 3 is 0.920 bits per heavy atom. The van der Waals surface area contributed by atoms with Gasteiger partial charge < -0.3 is 19.7 Å². The van der Waals surface area contributed by atoms with E-state index in [1.807, 2.05) is 0 Å². The summed E-state index contributed by atoms with van der Waals surface area (Å²) in [5.41, 5.74) is 0. The summed E-state index contributed by atoms with van der Waals surface area (Å²) in [4.78, 5) is 40.6. The largest absolute Gasteiger partial charge is 0.469 e. The molecule has 0 saturated carbocycles. The van der Waals surface area contributed by atoms with E-state index in [2.05, 4.69) is 9.47 Å². The Hall–Kier alpha value is -1.09. The number of methoxy groups -OCH3 is 2. The standard InChI is InChI=1S/2C5H8O3.2C3H8O.Ti/c2*1-4(6)3-5(7)8-2;2*1-3(2)4;/h2*3H2,1-2H3;2*3-4H,1-2H3;. The smallest absolute Gasteiger partial charge is 0.313 e. The second kappa shape index (κ2) is 25.2. The quantitative estimate of drug-likeness (QED) is 0.407. The number of ketones is 2. The van der Waals surface area contributed by atoms with Crippen molar-refractivity contribution in [3.05, 3.63) is 0 Å². The molecule has 0 atom stereocenters. The molecule has 0 aromatic heterocycles. The Morgan fingerprint density at radius 2 is 0.880 bits per heavy atom. The van der Waals surface area contributed by atoms with Crippen molar-refractivity contribution in [1.82, 2.24) is 0 Å². The molecule has 2 N–H and O–H groups in total. The van der Waals surface area contributed by atoms with Gasteiger partial charge in [-0.2, -0.15) is 0 Å². The van der Waals surface area contributed by atoms with Crippen LogP contribution in [0.2, 0.25) is 0 Å². The van der Waals surface area contributed by atoms with Crippen molar-refractivity contribution in [1.29, 1.82) is 0 Å². The predicted molar refractivity (Wildman–Crippen MR) is 89.3 cm³/mol. The number of aliphatic hydroxyl groups is 2. The molecule has 0 aliphatic rings. The zero-order valence-electron chi connectivity index (χ0n) is 16.4. The molecule has 0 aliphatic heterocycles. The summed E-state index contributed by atoms with van der Waals surface area (Å²) in [6.45, 7) is 9.58. The van der Waals surface area contributed by atoms with E-state index in [9.17, 15) is 19.2 Å². The van der Waals surface area contributed by atoms with Gasteiger partial charge in [0.2, 0.25) is 0 Å². The Morgan fingerprint density at radius 1 is 0.720 bits per heavy atom. The monoisotopic (exact) mass is 400 g/mol. The Balaban J connectivity index is -0.0000000739. The van der Waals surface area contributed by atoms with Crippen LogP contribution in [-0.2, 0) is 50.4 Å². The van der Waals surface area contributed by atoms with E-state index in [-0.39, 0.29) is 58.3 Å². The van der Waals surface area contributed by atoms with Gasteiger partial charge in [-0.1, -0.05) is 0 Å². The van der Waals surface area contributed by atoms with E-state index in [1.54, 1.807) is 27.7 Å². The minimum absolute atomic E-state index is 0. The number of aliphatic hydroxyl groups excluding tert-OH is 2. The third-order valence-electron chi connectivity index (χ3n) is 1.24. The van der Waals surface area contributed by atoms with Crippen molar-refractivity contribution in [3.63, 3.8) is 0 Å². The average molecular weight is 400 g/mol. The van der Waals surface area contributed by atoms with E-state index in [0.29, 0.717) is 0 Å². The van der Waals surface area contributed by atoms with Gasteiger partial charge >= 0.3 is 11.9 Å². The fourth-order valence-electron chi connectivity index (χ4n) is 0.551. The molecule has 0 heterocycles. The van der Waals surface area contributed by atoms with Crippen LogP contribution in [-0.4, -0.2) is 60.1 Å². The molecule has 0 rings (SSSR count). The van der Waals surface area contributed by atoms with Gasteiger partial charge in [0.15, 0.2) is 0 Å². The molecule has 0 spiro atoms. The summed E-state index contributed by atoms with van der Waals surface area (Å²) in [5, 5.41) is 16.1. The van der Waals surface area contributed by atoms with Crippen molar-refractivity contribution < 1.29 is 60.6 Å². The minimum atomic E-state index is -0.475. The average Bonchev–Trinajstić information content (AvgIpc) is 2.36. The van der Waals surface area contributed by atoms with Gasteiger partial charge in [0.1, 0.15) is 24.4 Å². The van der Waals surface area contributed by atoms with Crippen LogP contribution in [0.1, 0.15) is 54.4 Å². The van der Waals surface area contributed by atoms with Gasteiger partial charge in [0.25, 0.3) is 0 Å². The topological polar surface area (TPSA) is 127 Å². The van der Waals surface area contributed by atoms with Crippen molar-refractivity contribution in [2.45, 2.75) is 66.6 Å². The number of Topliss-reactive ketones (excluding diaryl/α,β-unsaturated/α-hetero) is 2. The maximum Gasteiger partial charge on any atom is 0.313 e. The second-order valence-electron chi connectivity index (χ2n) is 5.10. The van der Waals surface area contributed by atoms with Gasteiger partial charge in [-0.05, 0) is 41.5 Å². The first-order valence-corrected chi connectivity index (χ1v) is 7.28. The molecule has 0 unspecified atom stereocenters. The molecule has 9 heteroatoms. The van der Waals surface area contributed by atoms with E-state index in [1.165, 1.54) is 28.1 Å². The molecule has 0 fully saturated rings. The summed E-state index contributed by atoms with van der Waals surface area (Å²) in [5.74, 6) is -1.29. The van der Waals surface area contributed by atoms with Crippen LogP contribution in [0.5, 0.6) is 0 Å². The minimum Gasteiger partial charge on any atom is -0.469 e. The molecule has 25 heavy (non-hydrogen) atoms. The first kappa shape index (κ1) is 35.1. The normalized spacial score (nSPS) is 8.16. The molecule has 8 nitrogen and oxygen atoms in total. The van der Waals surface area contributed by atoms with E-state index in [4.69, 9.17) is 10.2 Å². The van der Waals surface area contributed by atoms with Crippen molar-refractivity contribution in [2.75, 3.05) is 14.2 Å². The zero-order chi connectivity index (χ0) is 20.3. The number of carbonyl (C=O) groups excluding carboxylic acids is 4. The molecule has 0 aliphatic carbocycles. The number of ether oxygens (including phenoxy) is 2. The van der Waals surface area contributed by atoms with Crippen LogP contribution in [0.25, 0.3) is 0 Å². The maximum atomic E-state index is 10.2. The summed E-state index contributed by atoms with van der Waals surface area (Å²) < 4.78 is 8.40. The summed E-state index contributed by atoms with van der Waals surface area (Å²) in [6, 6.07) is 0. The third kappa shape index (κ3) is 84.1. The van der Waals surface area contributed by atoms with Gasteiger partial charge in [0.05, 0.1) is 14.2 Å². The molecule has 0 amide bonds. The summed E-state index contributed by atoms with van der Waals surface area (Å²) >= 11 is 0. The number of rotatable bonds is 4. The van der Waals surface area contributed by atoms with Crippen LogP contribution in [0.15, 0.2) is 0 Å². The number of esters is 2. The second-order valence-corrected chi connectivity index (χ2v) is 5.10. The fraction of sp³-hybridized carbons (Fsp3) is 0.750. The van der Waals surface area contributed by atoms with Gasteiger partial charge in [0, 0.05) is 33.9 Å². The van der Waals surface area contributed by atoms with Crippen molar-refractivity contribution in [3.8, 4) is 0 Å². The third-order valence-corrected chi connectivity index (χ3v) is 1.24. The van der Waals surface area contributed by atoms with E-state index in [0.717, 1.165) is 0 Å². The van der Waals surface area contributed by atoms with Gasteiger partial charge in [-0.25, -0.2) is 0 Å². The number of hydrogen-bond acceptors (Lipinski definition) is 8. The number of hydrogen-bond donors (Lipinski definition) is 2. The Labute approximate surface area is 165 Å². The Kier molecular flexibility index (Phi) is 35.3. The number of carbonyl (C=O) groups is 4. The molecule has 0 aromatic carbocycles. The van der Waals surface area contributed by atoms with Crippen LogP contribution >= 0.6 is 0 Å². The molecule has 0 aromatic rings. The van der Waals surface area contributed by atoms with Gasteiger partial charge in [-0.3, -0.25) is 19.2 Å².